The zero-order chi connectivity index (χ0) is 19.2. The maximum atomic E-state index is 12.4. The molecular weight excluding hydrogens is 342 g/mol. The highest BCUT2D eigenvalue weighted by Crippen LogP contribution is 2.24. The summed E-state index contributed by atoms with van der Waals surface area (Å²) in [5, 5.41) is 17.2. The van der Waals surface area contributed by atoms with E-state index in [1.807, 2.05) is 24.4 Å². The van der Waals surface area contributed by atoms with Crippen molar-refractivity contribution in [3.8, 4) is 5.75 Å². The number of β-amino-alcohol motifs (C(OH)–C–C–N with tert-alkyl or cyclic N) is 1. The van der Waals surface area contributed by atoms with Gasteiger partial charge in [0.1, 0.15) is 18.0 Å². The summed E-state index contributed by atoms with van der Waals surface area (Å²) in [5.41, 5.74) is 2.32. The third-order valence-corrected chi connectivity index (χ3v) is 5.10. The minimum atomic E-state index is -0.667. The van der Waals surface area contributed by atoms with Crippen LogP contribution in [0, 0.1) is 0 Å². The van der Waals surface area contributed by atoms with Gasteiger partial charge in [-0.05, 0) is 42.0 Å². The molecule has 0 unspecified atom stereocenters. The third-order valence-electron chi connectivity index (χ3n) is 5.10. The largest absolute Gasteiger partial charge is 0.488 e. The predicted molar refractivity (Wildman–Crippen MR) is 104 cm³/mol. The fourth-order valence-electron chi connectivity index (χ4n) is 3.41. The maximum Gasteiger partial charge on any atom is 0.222 e. The van der Waals surface area contributed by atoms with E-state index in [1.165, 1.54) is 5.56 Å². The number of carbonyl (C=O) groups is 1. The predicted octanol–water partition coefficient (Wildman–Crippen LogP) is 2.90. The molecule has 1 fully saturated rings. The Kier molecular flexibility index (Phi) is 6.50. The van der Waals surface area contributed by atoms with Crippen LogP contribution in [0.25, 0.3) is 0 Å². The average molecular weight is 371 g/mol. The van der Waals surface area contributed by atoms with E-state index in [2.05, 4.69) is 30.1 Å². The van der Waals surface area contributed by atoms with Crippen molar-refractivity contribution in [3.05, 3.63) is 47.8 Å². The lowest BCUT2D eigenvalue weighted by Gasteiger charge is -2.36. The summed E-state index contributed by atoms with van der Waals surface area (Å²) in [4.78, 5) is 14.2. The molecule has 0 aliphatic carbocycles. The molecule has 27 heavy (non-hydrogen) atoms. The molecule has 3 rings (SSSR count). The number of likely N-dealkylation sites (tertiary alicyclic amines) is 1. The number of H-pyrrole nitrogens is 1. The average Bonchev–Trinajstić information content (AvgIpc) is 3.17. The summed E-state index contributed by atoms with van der Waals surface area (Å²) in [6.07, 6.45) is 5.43. The summed E-state index contributed by atoms with van der Waals surface area (Å²) in [7, 11) is 0. The maximum absolute atomic E-state index is 12.4. The molecule has 1 aromatic heterocycles. The number of nitrogens with zero attached hydrogens (tertiary/aromatic N) is 2. The number of aliphatic hydroxyl groups excluding tert-OH is 1. The zero-order valence-electron chi connectivity index (χ0n) is 16.1. The molecule has 0 radical (unpaired) electrons. The quantitative estimate of drug-likeness (QED) is 0.784. The number of benzene rings is 1. The first-order valence-corrected chi connectivity index (χ1v) is 9.73. The number of rotatable bonds is 7. The lowest BCUT2D eigenvalue weighted by molar-refractivity contribution is -0.137. The molecule has 0 saturated carbocycles. The highest BCUT2D eigenvalue weighted by Gasteiger charge is 2.31. The van der Waals surface area contributed by atoms with Crippen molar-refractivity contribution in [3.63, 3.8) is 0 Å². The third kappa shape index (κ3) is 5.32. The Morgan fingerprint density at radius 3 is 3.00 bits per heavy atom. The number of amides is 1. The Labute approximate surface area is 160 Å². The van der Waals surface area contributed by atoms with Gasteiger partial charge in [0.15, 0.2) is 0 Å². The van der Waals surface area contributed by atoms with E-state index in [0.29, 0.717) is 31.8 Å². The van der Waals surface area contributed by atoms with Crippen LogP contribution in [-0.2, 0) is 11.2 Å². The molecule has 1 aromatic carbocycles. The molecule has 0 bridgehead atoms. The van der Waals surface area contributed by atoms with E-state index in [1.54, 1.807) is 11.1 Å². The molecule has 2 aromatic rings. The van der Waals surface area contributed by atoms with Crippen molar-refractivity contribution >= 4 is 5.91 Å². The van der Waals surface area contributed by atoms with Crippen LogP contribution in [0.3, 0.4) is 0 Å². The number of piperidine rings is 1. The number of ether oxygens (including phenoxy) is 1. The second-order valence-electron chi connectivity index (χ2n) is 7.54. The first kappa shape index (κ1) is 19.4. The van der Waals surface area contributed by atoms with Crippen LogP contribution in [0.5, 0.6) is 5.75 Å². The Morgan fingerprint density at radius 1 is 1.44 bits per heavy atom. The number of nitrogens with one attached hydrogen (secondary N) is 1. The number of aromatic nitrogens is 2. The van der Waals surface area contributed by atoms with E-state index in [9.17, 15) is 9.90 Å². The second kappa shape index (κ2) is 9.04. The van der Waals surface area contributed by atoms with Gasteiger partial charge in [0.05, 0.1) is 12.7 Å². The number of aromatic amines is 1. The van der Waals surface area contributed by atoms with E-state index >= 15 is 0 Å². The molecule has 2 atom stereocenters. The van der Waals surface area contributed by atoms with Crippen LogP contribution in [0.15, 0.2) is 36.7 Å². The molecule has 1 aliphatic heterocycles. The zero-order valence-corrected chi connectivity index (χ0v) is 16.1. The number of hydrogen-bond acceptors (Lipinski definition) is 4. The van der Waals surface area contributed by atoms with Gasteiger partial charge in [0.25, 0.3) is 0 Å². The van der Waals surface area contributed by atoms with Crippen LogP contribution in [0.4, 0.5) is 0 Å². The molecule has 1 saturated heterocycles. The molecule has 2 N–H and O–H groups in total. The van der Waals surface area contributed by atoms with Crippen molar-refractivity contribution in [1.29, 1.82) is 0 Å². The van der Waals surface area contributed by atoms with E-state index in [0.717, 1.165) is 24.2 Å². The van der Waals surface area contributed by atoms with Crippen molar-refractivity contribution in [2.75, 3.05) is 13.1 Å². The first-order valence-electron chi connectivity index (χ1n) is 9.73. The van der Waals surface area contributed by atoms with Gasteiger partial charge in [0, 0.05) is 25.6 Å². The summed E-state index contributed by atoms with van der Waals surface area (Å²) in [6, 6.07) is 8.02. The number of aryl methyl sites for hydroxylation is 1. The molecule has 2 heterocycles. The summed E-state index contributed by atoms with van der Waals surface area (Å²) in [6.45, 7) is 5.24. The minimum absolute atomic E-state index is 0.0952. The standard InChI is InChI=1S/C21H29N3O3/c1-15(2)17-6-4-7-18(11-17)27-20-9-10-24(14-19(20)25)21(26)8-3-5-16-12-22-23-13-16/h4,6-7,11-13,15,19-20,25H,3,5,8-10,14H2,1-2H3,(H,22,23)/t19-,20-/m1/s1. The van der Waals surface area contributed by atoms with Crippen molar-refractivity contribution in [2.24, 2.45) is 0 Å². The highest BCUT2D eigenvalue weighted by molar-refractivity contribution is 5.76. The van der Waals surface area contributed by atoms with Gasteiger partial charge in [0.2, 0.25) is 5.91 Å². The molecule has 146 valence electrons. The van der Waals surface area contributed by atoms with Gasteiger partial charge < -0.3 is 14.7 Å². The van der Waals surface area contributed by atoms with Crippen LogP contribution >= 0.6 is 0 Å². The van der Waals surface area contributed by atoms with Crippen molar-refractivity contribution < 1.29 is 14.6 Å². The van der Waals surface area contributed by atoms with Crippen LogP contribution < -0.4 is 4.74 Å². The Hall–Kier alpha value is -2.34. The number of hydrogen-bond donors (Lipinski definition) is 2. The molecule has 1 amide bonds. The molecular formula is C21H29N3O3. The van der Waals surface area contributed by atoms with Gasteiger partial charge in [-0.15, -0.1) is 0 Å². The fourth-order valence-corrected chi connectivity index (χ4v) is 3.41. The monoisotopic (exact) mass is 371 g/mol. The van der Waals surface area contributed by atoms with Gasteiger partial charge in [-0.2, -0.15) is 5.10 Å². The van der Waals surface area contributed by atoms with Crippen LogP contribution in [-0.4, -0.2) is 51.4 Å². The lowest BCUT2D eigenvalue weighted by atomic mass is 10.0. The summed E-state index contributed by atoms with van der Waals surface area (Å²) < 4.78 is 6.02. The Balaban J connectivity index is 1.47. The van der Waals surface area contributed by atoms with E-state index < -0.39 is 6.10 Å². The fraction of sp³-hybridized carbons (Fsp3) is 0.524. The highest BCUT2D eigenvalue weighted by atomic mass is 16.5. The molecule has 6 heteroatoms. The Morgan fingerprint density at radius 2 is 2.30 bits per heavy atom. The topological polar surface area (TPSA) is 78.5 Å². The Bertz CT molecular complexity index is 730. The van der Waals surface area contributed by atoms with Crippen LogP contribution in [0.2, 0.25) is 0 Å². The minimum Gasteiger partial charge on any atom is -0.488 e. The van der Waals surface area contributed by atoms with Gasteiger partial charge in [-0.25, -0.2) is 0 Å². The number of aliphatic hydroxyl groups is 1. The normalized spacial score (nSPS) is 20.1. The summed E-state index contributed by atoms with van der Waals surface area (Å²) in [5.74, 6) is 1.31. The molecule has 1 aliphatic rings. The van der Waals surface area contributed by atoms with Gasteiger partial charge in [-0.3, -0.25) is 9.89 Å². The smallest absolute Gasteiger partial charge is 0.222 e. The SMILES string of the molecule is CC(C)c1cccc(O[C@@H]2CCN(C(=O)CCCc3cn[nH]c3)C[C@H]2O)c1. The van der Waals surface area contributed by atoms with Crippen molar-refractivity contribution in [2.45, 2.75) is 57.7 Å². The van der Waals surface area contributed by atoms with E-state index in [4.69, 9.17) is 4.74 Å². The molecule has 6 nitrogen and oxygen atoms in total. The van der Waals surface area contributed by atoms with Gasteiger partial charge >= 0.3 is 0 Å². The second-order valence-corrected chi connectivity index (χ2v) is 7.54. The summed E-state index contributed by atoms with van der Waals surface area (Å²) >= 11 is 0. The molecule has 0 spiro atoms. The van der Waals surface area contributed by atoms with Crippen molar-refractivity contribution in [1.82, 2.24) is 15.1 Å². The lowest BCUT2D eigenvalue weighted by Crippen LogP contribution is -2.51. The van der Waals surface area contributed by atoms with Gasteiger partial charge in [-0.1, -0.05) is 26.0 Å². The van der Waals surface area contributed by atoms with E-state index in [-0.39, 0.29) is 12.0 Å². The van der Waals surface area contributed by atoms with Crippen LogP contribution in [0.1, 0.15) is 50.2 Å². The number of carbonyl (C=O) groups excluding carboxylic acids is 1. The first-order chi connectivity index (χ1) is 13.0.